The summed E-state index contributed by atoms with van der Waals surface area (Å²) in [7, 11) is 1.41. The van der Waals surface area contributed by atoms with Crippen LogP contribution >= 0.6 is 0 Å². The maximum atomic E-state index is 13.6. The zero-order chi connectivity index (χ0) is 15.4. The molecule has 0 atom stereocenters. The minimum Gasteiger partial charge on any atom is -0.494 e. The molecule has 0 aliphatic carbocycles. The van der Waals surface area contributed by atoms with Crippen molar-refractivity contribution in [1.82, 2.24) is 0 Å². The summed E-state index contributed by atoms with van der Waals surface area (Å²) in [5.74, 6) is -0.252. The number of ether oxygens (including phenoxy) is 1. The lowest BCUT2D eigenvalue weighted by atomic mass is 10.1. The molecule has 0 bridgehead atoms. The topological polar surface area (TPSA) is 64.4 Å². The quantitative estimate of drug-likeness (QED) is 0.674. The van der Waals surface area contributed by atoms with Crippen LogP contribution in [0.2, 0.25) is 0 Å². The molecule has 1 N–H and O–H groups in total. The lowest BCUT2D eigenvalue weighted by Crippen LogP contribution is -2.02. The number of nitrogens with zero attached hydrogens (tertiary/aromatic N) is 1. The molecule has 21 heavy (non-hydrogen) atoms. The van der Waals surface area contributed by atoms with E-state index in [1.54, 1.807) is 18.2 Å². The van der Waals surface area contributed by atoms with E-state index >= 15 is 0 Å². The third-order valence-electron chi connectivity index (χ3n) is 3.13. The van der Waals surface area contributed by atoms with Gasteiger partial charge in [-0.25, -0.2) is 4.39 Å². The molecule has 0 unspecified atom stereocenters. The maximum absolute atomic E-state index is 13.6. The van der Waals surface area contributed by atoms with Gasteiger partial charge in [-0.15, -0.1) is 0 Å². The Bertz CT molecular complexity index is 674. The van der Waals surface area contributed by atoms with Crippen LogP contribution in [0.25, 0.3) is 0 Å². The first-order valence-corrected chi connectivity index (χ1v) is 6.32. The zero-order valence-electron chi connectivity index (χ0n) is 11.7. The summed E-state index contributed by atoms with van der Waals surface area (Å²) in [6, 6.07) is 9.25. The highest BCUT2D eigenvalue weighted by Crippen LogP contribution is 2.23. The monoisotopic (exact) mass is 290 g/mol. The van der Waals surface area contributed by atoms with Crippen LogP contribution in [0, 0.1) is 22.9 Å². The van der Waals surface area contributed by atoms with Gasteiger partial charge in [-0.05, 0) is 30.2 Å². The third-order valence-corrected chi connectivity index (χ3v) is 3.13. The third kappa shape index (κ3) is 3.47. The number of rotatable bonds is 5. The van der Waals surface area contributed by atoms with Crippen LogP contribution in [0.15, 0.2) is 36.4 Å². The fourth-order valence-electron chi connectivity index (χ4n) is 1.93. The van der Waals surface area contributed by atoms with Gasteiger partial charge in [-0.3, -0.25) is 10.1 Å². The molecule has 5 nitrogen and oxygen atoms in total. The molecule has 0 aromatic heterocycles. The first-order valence-electron chi connectivity index (χ1n) is 6.32. The number of non-ortho nitro benzene ring substituents is 1. The summed E-state index contributed by atoms with van der Waals surface area (Å²) in [6.45, 7) is 2.21. The Kier molecular flexibility index (Phi) is 4.37. The van der Waals surface area contributed by atoms with Crippen molar-refractivity contribution in [2.24, 2.45) is 0 Å². The van der Waals surface area contributed by atoms with E-state index in [0.717, 1.165) is 11.1 Å². The van der Waals surface area contributed by atoms with Gasteiger partial charge in [0.25, 0.3) is 5.69 Å². The van der Waals surface area contributed by atoms with Gasteiger partial charge in [0.05, 0.1) is 12.0 Å². The highest BCUT2D eigenvalue weighted by molar-refractivity contribution is 5.57. The van der Waals surface area contributed by atoms with Crippen molar-refractivity contribution in [3.63, 3.8) is 0 Å². The van der Waals surface area contributed by atoms with Gasteiger partial charge in [0.15, 0.2) is 11.6 Å². The van der Waals surface area contributed by atoms with Crippen LogP contribution in [0.3, 0.4) is 0 Å². The first kappa shape index (κ1) is 14.8. The van der Waals surface area contributed by atoms with Crippen molar-refractivity contribution < 1.29 is 14.1 Å². The number of nitrogens with one attached hydrogen (secondary N) is 1. The normalized spacial score (nSPS) is 10.2. The molecule has 0 fully saturated rings. The molecule has 0 amide bonds. The number of anilines is 1. The molecule has 0 radical (unpaired) electrons. The molecular weight excluding hydrogens is 275 g/mol. The summed E-state index contributed by atoms with van der Waals surface area (Å²) in [5, 5.41) is 13.8. The molecule has 2 aromatic carbocycles. The minimum absolute atomic E-state index is 0.0176. The second-order valence-corrected chi connectivity index (χ2v) is 4.58. The number of benzene rings is 2. The molecule has 0 aliphatic rings. The number of halogens is 1. The second-order valence-electron chi connectivity index (χ2n) is 4.58. The summed E-state index contributed by atoms with van der Waals surface area (Å²) >= 11 is 0. The Morgan fingerprint density at radius 1 is 1.29 bits per heavy atom. The summed E-state index contributed by atoms with van der Waals surface area (Å²) < 4.78 is 18.4. The Hall–Kier alpha value is -2.63. The molecule has 2 rings (SSSR count). The number of aryl methyl sites for hydroxylation is 1. The Morgan fingerprint density at radius 2 is 2.05 bits per heavy atom. The Morgan fingerprint density at radius 3 is 2.67 bits per heavy atom. The molecule has 0 saturated heterocycles. The van der Waals surface area contributed by atoms with Crippen molar-refractivity contribution in [3.8, 4) is 5.75 Å². The maximum Gasteiger partial charge on any atom is 0.271 e. The summed E-state index contributed by atoms with van der Waals surface area (Å²) in [4.78, 5) is 10.3. The van der Waals surface area contributed by atoms with Gasteiger partial charge in [0.2, 0.25) is 0 Å². The molecule has 6 heteroatoms. The highest BCUT2D eigenvalue weighted by Gasteiger charge is 2.09. The minimum atomic E-state index is -0.447. The average molecular weight is 290 g/mol. The first-order chi connectivity index (χ1) is 10.0. The van der Waals surface area contributed by atoms with Crippen molar-refractivity contribution in [2.75, 3.05) is 12.4 Å². The van der Waals surface area contributed by atoms with Gasteiger partial charge in [-0.1, -0.05) is 12.1 Å². The molecule has 2 aromatic rings. The number of methoxy groups -OCH3 is 1. The molecule has 0 aliphatic heterocycles. The van der Waals surface area contributed by atoms with Gasteiger partial charge >= 0.3 is 0 Å². The Labute approximate surface area is 121 Å². The predicted molar refractivity (Wildman–Crippen MR) is 78.1 cm³/mol. The SMILES string of the molecule is COc1ccc(CNc2cc([N+](=O)[O-])ccc2C)cc1F. The van der Waals surface area contributed by atoms with Gasteiger partial charge in [0.1, 0.15) is 0 Å². The van der Waals surface area contributed by atoms with Crippen molar-refractivity contribution >= 4 is 11.4 Å². The second kappa shape index (κ2) is 6.21. The molecular formula is C15H15FN2O3. The van der Waals surface area contributed by atoms with E-state index in [1.165, 1.54) is 25.3 Å². The lowest BCUT2D eigenvalue weighted by molar-refractivity contribution is -0.384. The summed E-state index contributed by atoms with van der Waals surface area (Å²) in [6.07, 6.45) is 0. The number of nitro benzene ring substituents is 1. The van der Waals surface area contributed by atoms with Gasteiger partial charge < -0.3 is 10.1 Å². The van der Waals surface area contributed by atoms with E-state index in [0.29, 0.717) is 12.2 Å². The molecule has 110 valence electrons. The van der Waals surface area contributed by atoms with E-state index in [4.69, 9.17) is 4.74 Å². The van der Waals surface area contributed by atoms with E-state index in [1.807, 2.05) is 6.92 Å². The van der Waals surface area contributed by atoms with Gasteiger partial charge in [-0.2, -0.15) is 0 Å². The zero-order valence-corrected chi connectivity index (χ0v) is 11.7. The predicted octanol–water partition coefficient (Wildman–Crippen LogP) is 3.66. The standard InChI is InChI=1S/C15H15FN2O3/c1-10-3-5-12(18(19)20)8-14(10)17-9-11-4-6-15(21-2)13(16)7-11/h3-8,17H,9H2,1-2H3. The fourth-order valence-corrected chi connectivity index (χ4v) is 1.93. The van der Waals surface area contributed by atoms with Gasteiger partial charge in [0, 0.05) is 24.4 Å². The van der Waals surface area contributed by atoms with Crippen molar-refractivity contribution in [1.29, 1.82) is 0 Å². The van der Waals surface area contributed by atoms with Crippen LogP contribution in [0.1, 0.15) is 11.1 Å². The highest BCUT2D eigenvalue weighted by atomic mass is 19.1. The average Bonchev–Trinajstić information content (AvgIpc) is 2.46. The van der Waals surface area contributed by atoms with Crippen molar-refractivity contribution in [3.05, 3.63) is 63.5 Å². The van der Waals surface area contributed by atoms with Crippen molar-refractivity contribution in [2.45, 2.75) is 13.5 Å². The number of hydrogen-bond donors (Lipinski definition) is 1. The van der Waals surface area contributed by atoms with E-state index < -0.39 is 10.7 Å². The molecule has 0 heterocycles. The summed E-state index contributed by atoms with van der Waals surface area (Å²) in [5.41, 5.74) is 2.28. The molecule has 0 saturated carbocycles. The van der Waals surface area contributed by atoms with Crippen LogP contribution in [0.4, 0.5) is 15.8 Å². The largest absolute Gasteiger partial charge is 0.494 e. The fraction of sp³-hybridized carbons (Fsp3) is 0.200. The Balaban J connectivity index is 2.14. The van der Waals surface area contributed by atoms with E-state index in [2.05, 4.69) is 5.32 Å². The van der Waals surface area contributed by atoms with Crippen LogP contribution in [-0.2, 0) is 6.54 Å². The number of nitro groups is 1. The van der Waals surface area contributed by atoms with Crippen LogP contribution < -0.4 is 10.1 Å². The van der Waals surface area contributed by atoms with E-state index in [-0.39, 0.29) is 11.4 Å². The van der Waals surface area contributed by atoms with E-state index in [9.17, 15) is 14.5 Å². The lowest BCUT2D eigenvalue weighted by Gasteiger charge is -2.10. The smallest absolute Gasteiger partial charge is 0.271 e. The van der Waals surface area contributed by atoms with Crippen LogP contribution in [0.5, 0.6) is 5.75 Å². The number of hydrogen-bond acceptors (Lipinski definition) is 4. The van der Waals surface area contributed by atoms with Crippen LogP contribution in [-0.4, -0.2) is 12.0 Å². The molecule has 0 spiro atoms.